The molecule has 1 heterocycles. The van der Waals surface area contributed by atoms with Gasteiger partial charge in [0.2, 0.25) is 0 Å². The van der Waals surface area contributed by atoms with Crippen molar-refractivity contribution in [3.05, 3.63) is 0 Å². The molecule has 0 aromatic heterocycles. The average Bonchev–Trinajstić information content (AvgIpc) is 2.84. The van der Waals surface area contributed by atoms with Crippen LogP contribution in [0.3, 0.4) is 0 Å². The third-order valence-electron chi connectivity index (χ3n) is 4.16. The number of rotatable bonds is 8. The van der Waals surface area contributed by atoms with Gasteiger partial charge in [0, 0.05) is 12.6 Å². The van der Waals surface area contributed by atoms with E-state index >= 15 is 0 Å². The molecule has 0 bridgehead atoms. The second-order valence-corrected chi connectivity index (χ2v) is 5.57. The fourth-order valence-corrected chi connectivity index (χ4v) is 2.96. The van der Waals surface area contributed by atoms with Crippen molar-refractivity contribution in [2.75, 3.05) is 26.2 Å². The summed E-state index contributed by atoms with van der Waals surface area (Å²) in [6.07, 6.45) is 4.61. The molecule has 1 saturated heterocycles. The lowest BCUT2D eigenvalue weighted by molar-refractivity contribution is -0.151. The molecule has 2 unspecified atom stereocenters. The van der Waals surface area contributed by atoms with Crippen LogP contribution >= 0.6 is 0 Å². The predicted molar refractivity (Wildman–Crippen MR) is 78.2 cm³/mol. The smallest absolute Gasteiger partial charge is 0.326 e. The van der Waals surface area contributed by atoms with E-state index in [9.17, 15) is 4.79 Å². The predicted octanol–water partition coefficient (Wildman–Crippen LogP) is 2.18. The van der Waals surface area contributed by atoms with Gasteiger partial charge in [-0.2, -0.15) is 0 Å². The molecule has 1 fully saturated rings. The van der Waals surface area contributed by atoms with Crippen molar-refractivity contribution in [2.24, 2.45) is 0 Å². The van der Waals surface area contributed by atoms with Crippen LogP contribution in [0.2, 0.25) is 0 Å². The highest BCUT2D eigenvalue weighted by Crippen LogP contribution is 2.22. The average molecular weight is 270 g/mol. The number of nitrogens with zero attached hydrogens (tertiary/aromatic N) is 1. The Balaban J connectivity index is 2.55. The molecule has 1 aliphatic rings. The van der Waals surface area contributed by atoms with Gasteiger partial charge in [0.1, 0.15) is 5.54 Å². The highest BCUT2D eigenvalue weighted by Gasteiger charge is 2.35. The summed E-state index contributed by atoms with van der Waals surface area (Å²) in [5.41, 5.74) is -0.550. The Hall–Kier alpha value is -0.610. The Labute approximate surface area is 117 Å². The number of hydrogen-bond acceptors (Lipinski definition) is 4. The van der Waals surface area contributed by atoms with Crippen LogP contribution in [0.15, 0.2) is 0 Å². The molecule has 1 aliphatic heterocycles. The fraction of sp³-hybridized carbons (Fsp3) is 0.933. The quantitative estimate of drug-likeness (QED) is 0.686. The summed E-state index contributed by atoms with van der Waals surface area (Å²) in [4.78, 5) is 14.6. The number of carbonyl (C=O) groups excluding carboxylic acids is 1. The number of likely N-dealkylation sites (tertiary alicyclic amines) is 1. The zero-order chi connectivity index (χ0) is 14.3. The first-order chi connectivity index (χ1) is 9.07. The van der Waals surface area contributed by atoms with Crippen LogP contribution in [0.25, 0.3) is 0 Å². The van der Waals surface area contributed by atoms with Crippen molar-refractivity contribution >= 4 is 5.97 Å². The lowest BCUT2D eigenvalue weighted by Crippen LogP contribution is -2.52. The van der Waals surface area contributed by atoms with Crippen molar-refractivity contribution in [1.29, 1.82) is 0 Å². The van der Waals surface area contributed by atoms with E-state index in [1.165, 1.54) is 25.8 Å². The van der Waals surface area contributed by atoms with Gasteiger partial charge in [-0.05, 0) is 52.6 Å². The monoisotopic (exact) mass is 270 g/mol. The number of carbonyl (C=O) groups is 1. The summed E-state index contributed by atoms with van der Waals surface area (Å²) in [5.74, 6) is -0.121. The lowest BCUT2D eigenvalue weighted by Gasteiger charge is -2.31. The molecule has 1 rings (SSSR count). The highest BCUT2D eigenvalue weighted by molar-refractivity contribution is 5.80. The first-order valence-corrected chi connectivity index (χ1v) is 7.73. The molecule has 4 nitrogen and oxygen atoms in total. The van der Waals surface area contributed by atoms with Gasteiger partial charge in [-0.25, -0.2) is 0 Å². The number of esters is 1. The Morgan fingerprint density at radius 1 is 1.42 bits per heavy atom. The van der Waals surface area contributed by atoms with E-state index in [2.05, 4.69) is 17.1 Å². The molecule has 0 saturated carbocycles. The van der Waals surface area contributed by atoms with Crippen LogP contribution < -0.4 is 5.32 Å². The topological polar surface area (TPSA) is 41.6 Å². The Bertz CT molecular complexity index is 283. The first kappa shape index (κ1) is 16.4. The van der Waals surface area contributed by atoms with Crippen LogP contribution in [-0.2, 0) is 9.53 Å². The Morgan fingerprint density at radius 3 is 2.74 bits per heavy atom. The highest BCUT2D eigenvalue weighted by atomic mass is 16.5. The SMILES string of the molecule is CCNC(C)(CCN1CCCC1CC)C(=O)OCC. The van der Waals surface area contributed by atoms with E-state index < -0.39 is 5.54 Å². The van der Waals surface area contributed by atoms with Crippen molar-refractivity contribution in [2.45, 2.75) is 65.0 Å². The van der Waals surface area contributed by atoms with Crippen molar-refractivity contribution in [3.63, 3.8) is 0 Å². The molecule has 0 amide bonds. The standard InChI is InChI=1S/C15H30N2O2/c1-5-13-9-8-11-17(13)12-10-15(4,16-6-2)14(18)19-7-3/h13,16H,5-12H2,1-4H3. The maximum Gasteiger partial charge on any atom is 0.326 e. The molecule has 2 atom stereocenters. The van der Waals surface area contributed by atoms with E-state index in [4.69, 9.17) is 4.74 Å². The molecular weight excluding hydrogens is 240 g/mol. The maximum absolute atomic E-state index is 12.1. The van der Waals surface area contributed by atoms with Gasteiger partial charge in [0.05, 0.1) is 6.61 Å². The van der Waals surface area contributed by atoms with Gasteiger partial charge in [0.25, 0.3) is 0 Å². The summed E-state index contributed by atoms with van der Waals surface area (Å²) in [6.45, 7) is 11.5. The second-order valence-electron chi connectivity index (χ2n) is 5.57. The second kappa shape index (κ2) is 7.85. The number of nitrogens with one attached hydrogen (secondary N) is 1. The van der Waals surface area contributed by atoms with Gasteiger partial charge in [-0.3, -0.25) is 4.79 Å². The van der Waals surface area contributed by atoms with E-state index in [1.807, 2.05) is 20.8 Å². The van der Waals surface area contributed by atoms with Crippen molar-refractivity contribution in [1.82, 2.24) is 10.2 Å². The maximum atomic E-state index is 12.1. The van der Waals surface area contributed by atoms with E-state index in [0.29, 0.717) is 12.6 Å². The third kappa shape index (κ3) is 4.46. The number of ether oxygens (including phenoxy) is 1. The van der Waals surface area contributed by atoms with Gasteiger partial charge < -0.3 is 15.0 Å². The zero-order valence-corrected chi connectivity index (χ0v) is 13.0. The lowest BCUT2D eigenvalue weighted by atomic mass is 9.97. The third-order valence-corrected chi connectivity index (χ3v) is 4.16. The minimum Gasteiger partial charge on any atom is -0.465 e. The Kier molecular flexibility index (Phi) is 6.80. The van der Waals surface area contributed by atoms with Crippen LogP contribution in [0.1, 0.15) is 53.4 Å². The summed E-state index contributed by atoms with van der Waals surface area (Å²) in [6, 6.07) is 0.702. The molecule has 1 N–H and O–H groups in total. The number of hydrogen-bond donors (Lipinski definition) is 1. The largest absolute Gasteiger partial charge is 0.465 e. The normalized spacial score (nSPS) is 23.3. The zero-order valence-electron chi connectivity index (χ0n) is 13.0. The van der Waals surface area contributed by atoms with Crippen molar-refractivity contribution < 1.29 is 9.53 Å². The van der Waals surface area contributed by atoms with Gasteiger partial charge in [-0.15, -0.1) is 0 Å². The van der Waals surface area contributed by atoms with E-state index in [-0.39, 0.29) is 5.97 Å². The Morgan fingerprint density at radius 2 is 2.16 bits per heavy atom. The molecular formula is C15H30N2O2. The van der Waals surface area contributed by atoms with Gasteiger partial charge >= 0.3 is 5.97 Å². The van der Waals surface area contributed by atoms with E-state index in [1.54, 1.807) is 0 Å². The molecule has 0 spiro atoms. The van der Waals surface area contributed by atoms with Crippen molar-refractivity contribution in [3.8, 4) is 0 Å². The molecule has 112 valence electrons. The molecule has 0 aromatic rings. The van der Waals surface area contributed by atoms with Crippen LogP contribution in [-0.4, -0.2) is 48.7 Å². The molecule has 4 heteroatoms. The van der Waals surface area contributed by atoms with Crippen LogP contribution in [0.5, 0.6) is 0 Å². The van der Waals surface area contributed by atoms with Gasteiger partial charge in [-0.1, -0.05) is 13.8 Å². The summed E-state index contributed by atoms with van der Waals surface area (Å²) in [5, 5.41) is 3.30. The molecule has 0 aromatic carbocycles. The summed E-state index contributed by atoms with van der Waals surface area (Å²) in [7, 11) is 0. The minimum absolute atomic E-state index is 0.121. The van der Waals surface area contributed by atoms with Gasteiger partial charge in [0.15, 0.2) is 0 Å². The summed E-state index contributed by atoms with van der Waals surface area (Å²) >= 11 is 0. The first-order valence-electron chi connectivity index (χ1n) is 7.73. The molecule has 0 radical (unpaired) electrons. The fourth-order valence-electron chi connectivity index (χ4n) is 2.96. The molecule has 0 aliphatic carbocycles. The molecule has 19 heavy (non-hydrogen) atoms. The van der Waals surface area contributed by atoms with Crippen LogP contribution in [0.4, 0.5) is 0 Å². The summed E-state index contributed by atoms with van der Waals surface area (Å²) < 4.78 is 5.21. The number of likely N-dealkylation sites (N-methyl/N-ethyl adjacent to an activating group) is 1. The van der Waals surface area contributed by atoms with Crippen LogP contribution in [0, 0.1) is 0 Å². The minimum atomic E-state index is -0.550. The van der Waals surface area contributed by atoms with E-state index in [0.717, 1.165) is 19.5 Å².